The largest absolute Gasteiger partial charge is 0.390 e. The zero-order chi connectivity index (χ0) is 39.0. The molecule has 296 valence electrons. The minimum absolute atomic E-state index is 0.181. The van der Waals surface area contributed by atoms with E-state index in [0.717, 1.165) is 70.3 Å². The molecule has 1 atom stereocenters. The molecule has 2 saturated heterocycles. The van der Waals surface area contributed by atoms with Gasteiger partial charge in [-0.15, -0.1) is 0 Å². The van der Waals surface area contributed by atoms with E-state index in [4.69, 9.17) is 4.74 Å². The lowest BCUT2D eigenvalue weighted by atomic mass is 9.59. The normalized spacial score (nSPS) is 24.7. The summed E-state index contributed by atoms with van der Waals surface area (Å²) in [6.45, 7) is 11.1. The lowest BCUT2D eigenvalue weighted by molar-refractivity contribution is -0.384. The number of rotatable bonds is 11. The maximum atomic E-state index is 13.2. The van der Waals surface area contributed by atoms with Crippen LogP contribution >= 0.6 is 0 Å². The highest BCUT2D eigenvalue weighted by molar-refractivity contribution is 7.90. The van der Waals surface area contributed by atoms with Gasteiger partial charge >= 0.3 is 0 Å². The first kappa shape index (κ1) is 39.2. The van der Waals surface area contributed by atoms with Crippen LogP contribution in [-0.2, 0) is 14.8 Å². The van der Waals surface area contributed by atoms with Gasteiger partial charge in [-0.3, -0.25) is 19.8 Å². The monoisotopic (exact) mass is 773 g/mol. The molecule has 0 bridgehead atoms. The number of sulfonamides is 1. The molecule has 12 nitrogen and oxygen atoms in total. The Morgan fingerprint density at radius 3 is 2.36 bits per heavy atom. The number of nitrogens with one attached hydrogen (secondary N) is 2. The third-order valence-electron chi connectivity index (χ3n) is 12.7. The first-order chi connectivity index (χ1) is 26.2. The predicted octanol–water partition coefficient (Wildman–Crippen LogP) is 7.01. The van der Waals surface area contributed by atoms with Gasteiger partial charge in [0.05, 0.1) is 34.7 Å². The number of carbonyl (C=O) groups excluding carboxylic acids is 1. The number of aliphatic hydroxyl groups is 1. The van der Waals surface area contributed by atoms with Crippen LogP contribution in [0.5, 0.6) is 0 Å². The van der Waals surface area contributed by atoms with Crippen molar-refractivity contribution in [2.45, 2.75) is 101 Å². The van der Waals surface area contributed by atoms with E-state index < -0.39 is 26.5 Å². The Hall–Kier alpha value is -4.04. The lowest BCUT2D eigenvalue weighted by Gasteiger charge is -2.57. The van der Waals surface area contributed by atoms with Crippen LogP contribution in [0, 0.1) is 21.4 Å². The standard InChI is InChI=1S/C42H55N5O7S/c1-29(2)35-6-4-5-7-36(35)39-28-54-23-22-46(39)33-25-42(26-33)18-20-45(21-19-42)32-10-8-31(9-11-32)40(48)44-55(52,53)34-12-13-37(38(24-34)47(50)51)43-27-30-14-16-41(3,49)17-15-30/h4-13,24,29-30,33,39,43,49H,14-23,25-28H2,1-3H3,(H,44,48)/t30?,39-,41?/m0/s1. The number of hydrogen-bond acceptors (Lipinski definition) is 10. The number of nitro benzene ring substituents is 1. The van der Waals surface area contributed by atoms with Gasteiger partial charge in [0.25, 0.3) is 21.6 Å². The van der Waals surface area contributed by atoms with E-state index in [1.165, 1.54) is 36.1 Å². The summed E-state index contributed by atoms with van der Waals surface area (Å²) in [5, 5.41) is 25.2. The highest BCUT2D eigenvalue weighted by Gasteiger charge is 2.49. The summed E-state index contributed by atoms with van der Waals surface area (Å²) in [7, 11) is -4.39. The molecule has 0 aromatic heterocycles. The van der Waals surface area contributed by atoms with Crippen LogP contribution in [0.3, 0.4) is 0 Å². The highest BCUT2D eigenvalue weighted by atomic mass is 32.2. The van der Waals surface area contributed by atoms with Gasteiger partial charge in [0.2, 0.25) is 0 Å². The summed E-state index contributed by atoms with van der Waals surface area (Å²) in [6, 6.07) is 20.2. The second-order valence-electron chi connectivity index (χ2n) is 16.9. The Labute approximate surface area is 324 Å². The van der Waals surface area contributed by atoms with Gasteiger partial charge in [0.1, 0.15) is 5.69 Å². The molecule has 13 heteroatoms. The third-order valence-corrected chi connectivity index (χ3v) is 14.1. The molecule has 4 fully saturated rings. The molecule has 3 N–H and O–H groups in total. The zero-order valence-electron chi connectivity index (χ0n) is 32.2. The Bertz CT molecular complexity index is 1960. The molecule has 3 aromatic rings. The second-order valence-corrected chi connectivity index (χ2v) is 18.6. The number of ether oxygens (including phenoxy) is 1. The molecule has 4 aliphatic rings. The fraction of sp³-hybridized carbons (Fsp3) is 0.548. The first-order valence-corrected chi connectivity index (χ1v) is 21.3. The molecule has 7 rings (SSSR count). The predicted molar refractivity (Wildman–Crippen MR) is 213 cm³/mol. The van der Waals surface area contributed by atoms with E-state index in [9.17, 15) is 28.4 Å². The maximum absolute atomic E-state index is 13.2. The number of benzene rings is 3. The molecule has 2 aliphatic carbocycles. The number of nitrogens with zero attached hydrogens (tertiary/aromatic N) is 3. The van der Waals surface area contributed by atoms with Gasteiger partial charge < -0.3 is 20.1 Å². The van der Waals surface area contributed by atoms with Gasteiger partial charge in [-0.2, -0.15) is 0 Å². The van der Waals surface area contributed by atoms with Crippen LogP contribution in [-0.4, -0.2) is 80.3 Å². The fourth-order valence-electron chi connectivity index (χ4n) is 9.28. The van der Waals surface area contributed by atoms with Crippen molar-refractivity contribution >= 4 is 33.0 Å². The number of piperidine rings is 1. The van der Waals surface area contributed by atoms with E-state index in [2.05, 4.69) is 58.0 Å². The van der Waals surface area contributed by atoms with Crippen molar-refractivity contribution in [1.29, 1.82) is 0 Å². The molecule has 0 radical (unpaired) electrons. The van der Waals surface area contributed by atoms with Gasteiger partial charge in [-0.25, -0.2) is 13.1 Å². The number of hydrogen-bond donors (Lipinski definition) is 3. The van der Waals surface area contributed by atoms with Crippen molar-refractivity contribution in [2.75, 3.05) is 49.6 Å². The summed E-state index contributed by atoms with van der Waals surface area (Å²) in [4.78, 5) is 29.1. The van der Waals surface area contributed by atoms with E-state index in [-0.39, 0.29) is 27.8 Å². The number of anilines is 2. The highest BCUT2D eigenvalue weighted by Crippen LogP contribution is 2.53. The second kappa shape index (κ2) is 15.8. The summed E-state index contributed by atoms with van der Waals surface area (Å²) >= 11 is 0. The van der Waals surface area contributed by atoms with E-state index in [1.807, 2.05) is 19.1 Å². The summed E-state index contributed by atoms with van der Waals surface area (Å²) in [5.41, 5.74) is 3.46. The molecular weight excluding hydrogens is 719 g/mol. The van der Waals surface area contributed by atoms with Crippen LogP contribution in [0.1, 0.15) is 106 Å². The molecule has 0 unspecified atom stereocenters. The van der Waals surface area contributed by atoms with Crippen molar-refractivity contribution in [3.8, 4) is 0 Å². The van der Waals surface area contributed by atoms with Crippen LogP contribution in [0.2, 0.25) is 0 Å². The number of morpholine rings is 1. The van der Waals surface area contributed by atoms with Gasteiger partial charge in [0, 0.05) is 49.5 Å². The molecule has 3 aromatic carbocycles. The fourth-order valence-corrected chi connectivity index (χ4v) is 10.3. The number of carbonyl (C=O) groups is 1. The lowest BCUT2D eigenvalue weighted by Crippen LogP contribution is -2.58. The van der Waals surface area contributed by atoms with Crippen LogP contribution < -0.4 is 14.9 Å². The van der Waals surface area contributed by atoms with Crippen molar-refractivity contribution in [1.82, 2.24) is 9.62 Å². The number of nitro groups is 1. The van der Waals surface area contributed by atoms with Crippen molar-refractivity contribution < 1.29 is 28.0 Å². The molecule has 2 aliphatic heterocycles. The molecule has 2 heterocycles. The quantitative estimate of drug-likeness (QED) is 0.137. The minimum Gasteiger partial charge on any atom is -0.390 e. The molecule has 2 saturated carbocycles. The Morgan fingerprint density at radius 2 is 1.69 bits per heavy atom. The van der Waals surface area contributed by atoms with E-state index in [1.54, 1.807) is 12.1 Å². The first-order valence-electron chi connectivity index (χ1n) is 19.8. The summed E-state index contributed by atoms with van der Waals surface area (Å²) in [6.07, 6.45) is 7.50. The average Bonchev–Trinajstić information content (AvgIpc) is 3.16. The topological polar surface area (TPSA) is 154 Å². The molecule has 55 heavy (non-hydrogen) atoms. The van der Waals surface area contributed by atoms with Crippen molar-refractivity contribution in [3.05, 3.63) is 93.5 Å². The zero-order valence-corrected chi connectivity index (χ0v) is 33.0. The van der Waals surface area contributed by atoms with Crippen LogP contribution in [0.4, 0.5) is 17.1 Å². The van der Waals surface area contributed by atoms with Crippen molar-refractivity contribution in [2.24, 2.45) is 11.3 Å². The molecule has 1 spiro atoms. The Morgan fingerprint density at radius 1 is 1.00 bits per heavy atom. The smallest absolute Gasteiger partial charge is 0.293 e. The van der Waals surface area contributed by atoms with Gasteiger partial charge in [0.15, 0.2) is 0 Å². The minimum atomic E-state index is -4.39. The Kier molecular flexibility index (Phi) is 11.3. The van der Waals surface area contributed by atoms with Crippen LogP contribution in [0.15, 0.2) is 71.6 Å². The van der Waals surface area contributed by atoms with Crippen LogP contribution in [0.25, 0.3) is 0 Å². The SMILES string of the molecule is CC(C)c1ccccc1[C@@H]1COCCN1C1CC2(CCN(c3ccc(C(=O)NS(=O)(=O)c4ccc(NCC5CCC(C)(O)CC5)c([N+](=O)[O-])c4)cc3)CC2)C1. The number of amides is 1. The average molecular weight is 774 g/mol. The van der Waals surface area contributed by atoms with Gasteiger partial charge in [-0.1, -0.05) is 38.1 Å². The van der Waals surface area contributed by atoms with E-state index in [0.29, 0.717) is 42.8 Å². The molecular formula is C42H55N5O7S. The van der Waals surface area contributed by atoms with Gasteiger partial charge in [-0.05, 0) is 123 Å². The maximum Gasteiger partial charge on any atom is 0.293 e. The summed E-state index contributed by atoms with van der Waals surface area (Å²) < 4.78 is 34.5. The third kappa shape index (κ3) is 8.70. The molecule has 1 amide bonds. The summed E-state index contributed by atoms with van der Waals surface area (Å²) in [5.74, 6) is -0.103. The Balaban J connectivity index is 0.920. The van der Waals surface area contributed by atoms with Crippen molar-refractivity contribution in [3.63, 3.8) is 0 Å². The van der Waals surface area contributed by atoms with E-state index >= 15 is 0 Å².